The molecule has 0 aliphatic rings. The first-order valence-corrected chi connectivity index (χ1v) is 7.58. The van der Waals surface area contributed by atoms with Gasteiger partial charge in [0, 0.05) is 17.2 Å². The molecule has 2 rings (SSSR count). The molecule has 0 bridgehead atoms. The Morgan fingerprint density at radius 3 is 2.50 bits per heavy atom. The van der Waals surface area contributed by atoms with E-state index in [0.717, 1.165) is 12.1 Å². The zero-order valence-corrected chi connectivity index (χ0v) is 14.0. The first kappa shape index (κ1) is 19.7. The van der Waals surface area contributed by atoms with Gasteiger partial charge in [-0.3, -0.25) is 4.79 Å². The van der Waals surface area contributed by atoms with Crippen LogP contribution < -0.4 is 10.5 Å². The lowest BCUT2D eigenvalue weighted by atomic mass is 9.92. The predicted octanol–water partition coefficient (Wildman–Crippen LogP) is 4.30. The Hall–Kier alpha value is -2.61. The summed E-state index contributed by atoms with van der Waals surface area (Å²) in [6.45, 7) is 1.37. The van der Waals surface area contributed by atoms with Crippen LogP contribution in [0.25, 0.3) is 11.1 Å². The molecule has 2 aromatic carbocycles. The summed E-state index contributed by atoms with van der Waals surface area (Å²) < 4.78 is 59.7. The first-order chi connectivity index (χ1) is 12.1. The molecule has 0 spiro atoms. The van der Waals surface area contributed by atoms with Crippen LogP contribution in [-0.4, -0.2) is 18.2 Å². The van der Waals surface area contributed by atoms with Crippen LogP contribution in [0.3, 0.4) is 0 Å². The van der Waals surface area contributed by atoms with E-state index in [1.165, 1.54) is 32.2 Å². The molecule has 0 radical (unpaired) electrons. The number of hydrogen-bond donors (Lipinski definition) is 2. The summed E-state index contributed by atoms with van der Waals surface area (Å²) in [4.78, 5) is 10.8. The van der Waals surface area contributed by atoms with Crippen molar-refractivity contribution in [3.8, 4) is 16.9 Å². The van der Waals surface area contributed by atoms with Gasteiger partial charge < -0.3 is 15.6 Å². The Balaban J connectivity index is 2.74. The van der Waals surface area contributed by atoms with E-state index in [1.807, 2.05) is 0 Å². The molecular weight excluding hydrogens is 354 g/mol. The van der Waals surface area contributed by atoms with Crippen LogP contribution in [0.1, 0.15) is 29.2 Å². The molecular formula is C18H17F4NO3. The number of carboxylic acid groups (broad SMARTS) is 1. The maximum Gasteiger partial charge on any atom is 0.417 e. The molecule has 0 fully saturated rings. The molecule has 1 unspecified atom stereocenters. The summed E-state index contributed by atoms with van der Waals surface area (Å²) in [5.74, 6) is -2.03. The Kier molecular flexibility index (Phi) is 5.56. The number of nitrogens with two attached hydrogens (primary N) is 1. The van der Waals surface area contributed by atoms with Gasteiger partial charge in [-0.1, -0.05) is 6.07 Å². The summed E-state index contributed by atoms with van der Waals surface area (Å²) in [5, 5.41) is 8.85. The highest BCUT2D eigenvalue weighted by Crippen LogP contribution is 2.43. The van der Waals surface area contributed by atoms with Gasteiger partial charge in [0.05, 0.1) is 19.1 Å². The first-order valence-electron chi connectivity index (χ1n) is 7.58. The van der Waals surface area contributed by atoms with Gasteiger partial charge in [0.25, 0.3) is 0 Å². The molecule has 2 aromatic rings. The van der Waals surface area contributed by atoms with Gasteiger partial charge in [0.15, 0.2) is 0 Å². The fraction of sp³-hybridized carbons (Fsp3) is 0.278. The zero-order valence-electron chi connectivity index (χ0n) is 14.0. The summed E-state index contributed by atoms with van der Waals surface area (Å²) in [6, 6.07) is 4.66. The Bertz CT molecular complexity index is 834. The molecule has 0 heterocycles. The van der Waals surface area contributed by atoms with Crippen molar-refractivity contribution in [3.05, 3.63) is 52.8 Å². The maximum atomic E-state index is 14.4. The van der Waals surface area contributed by atoms with Gasteiger partial charge >= 0.3 is 12.1 Å². The molecule has 0 aromatic heterocycles. The average molecular weight is 371 g/mol. The number of benzene rings is 2. The molecule has 1 atom stereocenters. The molecule has 0 saturated heterocycles. The van der Waals surface area contributed by atoms with Crippen molar-refractivity contribution in [3.63, 3.8) is 0 Å². The number of aliphatic carboxylic acids is 1. The third-order valence-corrected chi connectivity index (χ3v) is 3.92. The van der Waals surface area contributed by atoms with E-state index >= 15 is 0 Å². The van der Waals surface area contributed by atoms with Gasteiger partial charge in [0.1, 0.15) is 11.6 Å². The molecule has 3 N–H and O–H groups in total. The summed E-state index contributed by atoms with van der Waals surface area (Å²) >= 11 is 0. The second-order valence-corrected chi connectivity index (χ2v) is 5.78. The van der Waals surface area contributed by atoms with Crippen LogP contribution in [0.2, 0.25) is 0 Å². The predicted molar refractivity (Wildman–Crippen MR) is 87.3 cm³/mol. The van der Waals surface area contributed by atoms with Crippen molar-refractivity contribution in [1.29, 1.82) is 0 Å². The van der Waals surface area contributed by atoms with Crippen LogP contribution in [0.15, 0.2) is 30.3 Å². The standard InChI is InChI=1S/C18H17F4NO3/c1-9-6-10(7-11(17(9)19)13(23)8-15(24)25)16-12(18(20,21)22)4-3-5-14(16)26-2/h3-7,13H,8,23H2,1-2H3,(H,24,25). The monoisotopic (exact) mass is 371 g/mol. The lowest BCUT2D eigenvalue weighted by molar-refractivity contribution is -0.138. The SMILES string of the molecule is COc1cccc(C(F)(F)F)c1-c1cc(C)c(F)c(C(N)CC(=O)O)c1. The second kappa shape index (κ2) is 7.33. The normalized spacial score (nSPS) is 12.7. The van der Waals surface area contributed by atoms with E-state index < -0.39 is 36.0 Å². The van der Waals surface area contributed by atoms with E-state index in [4.69, 9.17) is 15.6 Å². The van der Waals surface area contributed by atoms with E-state index in [9.17, 15) is 22.4 Å². The minimum Gasteiger partial charge on any atom is -0.496 e. The zero-order chi connectivity index (χ0) is 19.6. The second-order valence-electron chi connectivity index (χ2n) is 5.78. The fourth-order valence-electron chi connectivity index (χ4n) is 2.74. The number of ether oxygens (including phenoxy) is 1. The molecule has 0 saturated carbocycles. The van der Waals surface area contributed by atoms with E-state index in [-0.39, 0.29) is 28.0 Å². The smallest absolute Gasteiger partial charge is 0.417 e. The number of aryl methyl sites for hydroxylation is 1. The van der Waals surface area contributed by atoms with Crippen molar-refractivity contribution in [2.45, 2.75) is 25.6 Å². The molecule has 0 aliphatic heterocycles. The average Bonchev–Trinajstić information content (AvgIpc) is 2.54. The van der Waals surface area contributed by atoms with E-state index in [0.29, 0.717) is 0 Å². The maximum absolute atomic E-state index is 14.4. The minimum atomic E-state index is -4.66. The van der Waals surface area contributed by atoms with Gasteiger partial charge in [-0.05, 0) is 42.3 Å². The van der Waals surface area contributed by atoms with Gasteiger partial charge in [-0.2, -0.15) is 13.2 Å². The van der Waals surface area contributed by atoms with Crippen LogP contribution >= 0.6 is 0 Å². The van der Waals surface area contributed by atoms with Gasteiger partial charge in [-0.25, -0.2) is 4.39 Å². The van der Waals surface area contributed by atoms with Crippen LogP contribution in [0.5, 0.6) is 5.75 Å². The third kappa shape index (κ3) is 3.96. The number of methoxy groups -OCH3 is 1. The molecule has 0 amide bonds. The highest BCUT2D eigenvalue weighted by atomic mass is 19.4. The van der Waals surface area contributed by atoms with Crippen molar-refractivity contribution in [2.75, 3.05) is 7.11 Å². The number of carboxylic acids is 1. The quantitative estimate of drug-likeness (QED) is 0.769. The number of alkyl halides is 3. The number of hydrogen-bond acceptors (Lipinski definition) is 3. The van der Waals surface area contributed by atoms with Crippen molar-refractivity contribution < 1.29 is 32.2 Å². The van der Waals surface area contributed by atoms with Crippen molar-refractivity contribution in [2.24, 2.45) is 5.73 Å². The summed E-state index contributed by atoms with van der Waals surface area (Å²) in [5.41, 5.74) is 4.47. The highest BCUT2D eigenvalue weighted by molar-refractivity contribution is 5.76. The summed E-state index contributed by atoms with van der Waals surface area (Å²) in [7, 11) is 1.23. The van der Waals surface area contributed by atoms with Crippen LogP contribution in [0, 0.1) is 12.7 Å². The van der Waals surface area contributed by atoms with Crippen LogP contribution in [0.4, 0.5) is 17.6 Å². The molecule has 4 nitrogen and oxygen atoms in total. The van der Waals surface area contributed by atoms with Gasteiger partial charge in [-0.15, -0.1) is 0 Å². The lowest BCUT2D eigenvalue weighted by Crippen LogP contribution is -2.17. The van der Waals surface area contributed by atoms with E-state index in [2.05, 4.69) is 0 Å². The third-order valence-electron chi connectivity index (χ3n) is 3.92. The van der Waals surface area contributed by atoms with Crippen molar-refractivity contribution >= 4 is 5.97 Å². The molecule has 8 heteroatoms. The summed E-state index contributed by atoms with van der Waals surface area (Å²) in [6.07, 6.45) is -5.21. The molecule has 26 heavy (non-hydrogen) atoms. The van der Waals surface area contributed by atoms with Gasteiger partial charge in [0.2, 0.25) is 0 Å². The minimum absolute atomic E-state index is 0.0383. The highest BCUT2D eigenvalue weighted by Gasteiger charge is 2.35. The fourth-order valence-corrected chi connectivity index (χ4v) is 2.74. The van der Waals surface area contributed by atoms with E-state index in [1.54, 1.807) is 0 Å². The number of carbonyl (C=O) groups is 1. The Morgan fingerprint density at radius 2 is 1.96 bits per heavy atom. The Labute approximate surface area is 147 Å². The molecule has 0 aliphatic carbocycles. The lowest BCUT2D eigenvalue weighted by Gasteiger charge is -2.19. The van der Waals surface area contributed by atoms with Crippen LogP contribution in [-0.2, 0) is 11.0 Å². The molecule has 140 valence electrons. The van der Waals surface area contributed by atoms with Crippen molar-refractivity contribution in [1.82, 2.24) is 0 Å². The number of halogens is 4. The largest absolute Gasteiger partial charge is 0.496 e. The number of rotatable bonds is 5. The Morgan fingerprint density at radius 1 is 1.31 bits per heavy atom. The topological polar surface area (TPSA) is 72.5 Å².